The quantitative estimate of drug-likeness (QED) is 0.404. The van der Waals surface area contributed by atoms with Crippen LogP contribution < -0.4 is 5.73 Å². The highest BCUT2D eigenvalue weighted by molar-refractivity contribution is 7.89. The highest BCUT2D eigenvalue weighted by Crippen LogP contribution is 2.38. The van der Waals surface area contributed by atoms with Gasteiger partial charge in [0.15, 0.2) is 0 Å². The number of nitrogens with one attached hydrogen (secondary N) is 1. The Labute approximate surface area is 241 Å². The number of nitrogens with zero attached hydrogens (tertiary/aromatic N) is 3. The lowest BCUT2D eigenvalue weighted by Crippen LogP contribution is -2.43. The van der Waals surface area contributed by atoms with Gasteiger partial charge in [-0.05, 0) is 105 Å². The molecule has 6 rings (SSSR count). The smallest absolute Gasteiger partial charge is 0.250 e. The molecule has 1 amide bonds. The topological polar surface area (TPSA) is 103 Å². The van der Waals surface area contributed by atoms with Gasteiger partial charge >= 0.3 is 0 Å². The molecule has 0 atom stereocenters. The Balaban J connectivity index is 1.19. The van der Waals surface area contributed by atoms with Crippen molar-refractivity contribution >= 4 is 38.2 Å². The number of piperidine rings is 2. The molecule has 0 unspecified atom stereocenters. The fourth-order valence-electron chi connectivity index (χ4n) is 6.96. The number of hydrogen-bond acceptors (Lipinski definition) is 6. The summed E-state index contributed by atoms with van der Waals surface area (Å²) in [5.74, 6) is -0.0785. The number of carbonyl (C=O) groups excluding carboxylic acids is 1. The fourth-order valence-corrected chi connectivity index (χ4v) is 9.03. The van der Waals surface area contributed by atoms with Crippen molar-refractivity contribution in [3.05, 3.63) is 45.8 Å². The van der Waals surface area contributed by atoms with Gasteiger partial charge in [0, 0.05) is 55.2 Å². The second kappa shape index (κ2) is 11.6. The number of primary amides is 1. The molecule has 3 N–H and O–H groups in total. The van der Waals surface area contributed by atoms with E-state index in [4.69, 9.17) is 5.73 Å². The van der Waals surface area contributed by atoms with Crippen LogP contribution in [-0.4, -0.2) is 84.5 Å². The average molecular weight is 584 g/mol. The van der Waals surface area contributed by atoms with E-state index in [0.29, 0.717) is 18.7 Å². The van der Waals surface area contributed by atoms with Gasteiger partial charge in [0.25, 0.3) is 5.91 Å². The molecule has 3 saturated heterocycles. The molecule has 1 aromatic carbocycles. The van der Waals surface area contributed by atoms with Crippen LogP contribution >= 0.6 is 11.3 Å². The molecule has 0 radical (unpaired) electrons. The van der Waals surface area contributed by atoms with Gasteiger partial charge < -0.3 is 15.6 Å². The number of amides is 1. The van der Waals surface area contributed by atoms with Gasteiger partial charge in [-0.2, -0.15) is 0 Å². The summed E-state index contributed by atoms with van der Waals surface area (Å²) in [4.78, 5) is 22.4. The predicted molar refractivity (Wildman–Crippen MR) is 162 cm³/mol. The number of carbonyl (C=O) groups is 1. The van der Waals surface area contributed by atoms with Crippen molar-refractivity contribution < 1.29 is 13.2 Å². The van der Waals surface area contributed by atoms with E-state index in [9.17, 15) is 13.2 Å². The highest BCUT2D eigenvalue weighted by Gasteiger charge is 2.30. The minimum Gasteiger partial charge on any atom is -0.366 e. The Bertz CT molecular complexity index is 1460. The Morgan fingerprint density at radius 1 is 1.00 bits per heavy atom. The number of sulfonamides is 1. The van der Waals surface area contributed by atoms with Crippen LogP contribution in [0.15, 0.2) is 29.8 Å². The number of hydrogen-bond donors (Lipinski definition) is 2. The first-order chi connectivity index (χ1) is 19.3. The van der Waals surface area contributed by atoms with Crippen molar-refractivity contribution in [3.8, 4) is 11.1 Å². The molecule has 8 nitrogen and oxygen atoms in total. The summed E-state index contributed by atoms with van der Waals surface area (Å²) in [5, 5.41) is 3.21. The Hall–Kier alpha value is -2.24. The van der Waals surface area contributed by atoms with Crippen LogP contribution in [0.2, 0.25) is 0 Å². The molecule has 0 bridgehead atoms. The number of thiophene rings is 1. The third-order valence-corrected chi connectivity index (χ3v) is 12.1. The molecule has 3 aliphatic rings. The number of fused-ring (bicyclic) bond motifs is 1. The van der Waals surface area contributed by atoms with E-state index >= 15 is 0 Å². The molecular weight excluding hydrogens is 542 g/mol. The Morgan fingerprint density at radius 3 is 2.40 bits per heavy atom. The molecule has 216 valence electrons. The third kappa shape index (κ3) is 5.61. The van der Waals surface area contributed by atoms with E-state index in [2.05, 4.69) is 32.3 Å². The second-order valence-electron chi connectivity index (χ2n) is 11.7. The maximum absolute atomic E-state index is 12.5. The zero-order chi connectivity index (χ0) is 27.9. The molecule has 40 heavy (non-hydrogen) atoms. The second-order valence-corrected chi connectivity index (χ2v) is 14.9. The van der Waals surface area contributed by atoms with Gasteiger partial charge in [0.2, 0.25) is 10.0 Å². The Kier molecular flexibility index (Phi) is 8.07. The summed E-state index contributed by atoms with van der Waals surface area (Å²) in [6, 6.07) is 7.12. The summed E-state index contributed by atoms with van der Waals surface area (Å²) >= 11 is 1.78. The fraction of sp³-hybridized carbons (Fsp3) is 0.567. The number of nitrogens with two attached hydrogens (primary N) is 1. The minimum absolute atomic E-state index is 0.135. The lowest BCUT2D eigenvalue weighted by molar-refractivity contribution is 0.100. The van der Waals surface area contributed by atoms with Crippen LogP contribution in [0, 0.1) is 0 Å². The largest absolute Gasteiger partial charge is 0.366 e. The van der Waals surface area contributed by atoms with Crippen LogP contribution in [0.4, 0.5) is 0 Å². The van der Waals surface area contributed by atoms with Crippen LogP contribution in [0.1, 0.15) is 72.2 Å². The van der Waals surface area contributed by atoms with E-state index in [-0.39, 0.29) is 11.7 Å². The van der Waals surface area contributed by atoms with Crippen LogP contribution in [-0.2, 0) is 16.6 Å². The van der Waals surface area contributed by atoms with Crippen molar-refractivity contribution in [1.82, 2.24) is 19.1 Å². The number of benzene rings is 1. The summed E-state index contributed by atoms with van der Waals surface area (Å²) < 4.78 is 26.3. The summed E-state index contributed by atoms with van der Waals surface area (Å²) in [5.41, 5.74) is 10.4. The molecular formula is C30H41N5O3S2. The SMILES string of the molecule is CCS(=O)(=O)N1CCC(c2c[nH]c3c(C(N)=O)cc(-c4csc(CN5CCC(N6CCCC6)CC5)c4)cc23)CC1. The molecule has 3 aromatic rings. The van der Waals surface area contributed by atoms with E-state index in [1.165, 1.54) is 43.6 Å². The standard InChI is InChI=1S/C30H41N5O3S2/c1-2-40(37,38)35-13-5-21(6-14-35)28-18-32-29-26(28)16-22(17-27(29)30(31)36)23-15-25(39-20-23)19-33-11-7-24(8-12-33)34-9-3-4-10-34/h15-18,20-21,24,32H,2-14,19H2,1H3,(H2,31,36). The van der Waals surface area contributed by atoms with E-state index in [1.54, 1.807) is 22.6 Å². The zero-order valence-corrected chi connectivity index (χ0v) is 25.0. The number of aromatic nitrogens is 1. The van der Waals surface area contributed by atoms with E-state index in [1.807, 2.05) is 12.3 Å². The van der Waals surface area contributed by atoms with Gasteiger partial charge in [-0.15, -0.1) is 11.3 Å². The molecule has 5 heterocycles. The van der Waals surface area contributed by atoms with Crippen molar-refractivity contribution in [1.29, 1.82) is 0 Å². The molecule has 10 heteroatoms. The summed E-state index contributed by atoms with van der Waals surface area (Å²) in [6.07, 6.45) is 8.74. The molecule has 3 aliphatic heterocycles. The summed E-state index contributed by atoms with van der Waals surface area (Å²) in [6.45, 7) is 8.57. The maximum Gasteiger partial charge on any atom is 0.250 e. The van der Waals surface area contributed by atoms with Gasteiger partial charge in [-0.25, -0.2) is 12.7 Å². The van der Waals surface area contributed by atoms with Crippen molar-refractivity contribution in [3.63, 3.8) is 0 Å². The number of aromatic amines is 1. The molecule has 2 aromatic heterocycles. The van der Waals surface area contributed by atoms with Crippen LogP contribution in [0.3, 0.4) is 0 Å². The molecule has 0 spiro atoms. The minimum atomic E-state index is -3.17. The van der Waals surface area contributed by atoms with Gasteiger partial charge in [-0.1, -0.05) is 0 Å². The van der Waals surface area contributed by atoms with Crippen LogP contribution in [0.5, 0.6) is 0 Å². The number of H-pyrrole nitrogens is 1. The van der Waals surface area contributed by atoms with Gasteiger partial charge in [-0.3, -0.25) is 9.69 Å². The van der Waals surface area contributed by atoms with Crippen molar-refractivity contribution in [2.24, 2.45) is 5.73 Å². The van der Waals surface area contributed by atoms with Gasteiger partial charge in [0.1, 0.15) is 0 Å². The average Bonchev–Trinajstić information content (AvgIpc) is 3.74. The number of rotatable bonds is 8. The molecule has 0 aliphatic carbocycles. The predicted octanol–water partition coefficient (Wildman–Crippen LogP) is 4.58. The maximum atomic E-state index is 12.5. The van der Waals surface area contributed by atoms with E-state index < -0.39 is 15.9 Å². The van der Waals surface area contributed by atoms with E-state index in [0.717, 1.165) is 66.1 Å². The lowest BCUT2D eigenvalue weighted by Gasteiger charge is -2.36. The van der Waals surface area contributed by atoms with Crippen molar-refractivity contribution in [2.45, 2.75) is 64.0 Å². The number of likely N-dealkylation sites (tertiary alicyclic amines) is 2. The van der Waals surface area contributed by atoms with Gasteiger partial charge in [0.05, 0.1) is 16.8 Å². The first-order valence-corrected chi connectivity index (χ1v) is 17.3. The van der Waals surface area contributed by atoms with Crippen LogP contribution in [0.25, 0.3) is 22.0 Å². The zero-order valence-electron chi connectivity index (χ0n) is 23.4. The first kappa shape index (κ1) is 27.9. The molecule has 0 saturated carbocycles. The summed E-state index contributed by atoms with van der Waals surface area (Å²) in [7, 11) is -3.17. The molecule has 3 fully saturated rings. The Morgan fingerprint density at radius 2 is 1.73 bits per heavy atom. The monoisotopic (exact) mass is 583 g/mol. The highest BCUT2D eigenvalue weighted by atomic mass is 32.2. The lowest BCUT2D eigenvalue weighted by atomic mass is 9.88. The first-order valence-electron chi connectivity index (χ1n) is 14.8. The van der Waals surface area contributed by atoms with Crippen molar-refractivity contribution in [2.75, 3.05) is 45.0 Å². The normalized spacial score (nSPS) is 21.0. The third-order valence-electron chi connectivity index (χ3n) is 9.32.